The zero-order chi connectivity index (χ0) is 19.7. The Balaban J connectivity index is 0.00000160. The first kappa shape index (κ1) is 24.4. The molecule has 3 N–H and O–H groups in total. The van der Waals surface area contributed by atoms with Gasteiger partial charge in [-0.2, -0.15) is 0 Å². The van der Waals surface area contributed by atoms with E-state index in [2.05, 4.69) is 14.9 Å². The fraction of sp³-hybridized carbons (Fsp3) is 0.333. The monoisotopic (exact) mass is 470 g/mol. The average Bonchev–Trinajstić information content (AvgIpc) is 3.29. The number of benzene rings is 2. The smallest absolute Gasteiger partial charge is 0.253 e. The van der Waals surface area contributed by atoms with Crippen LogP contribution in [-0.4, -0.2) is 34.2 Å². The Hall–Kier alpha value is -1.83. The number of rotatable bonds is 5. The highest BCUT2D eigenvalue weighted by Crippen LogP contribution is 2.26. The molecule has 0 unspecified atom stereocenters. The number of halogens is 3. The van der Waals surface area contributed by atoms with Crippen molar-refractivity contribution in [3.05, 3.63) is 58.9 Å². The van der Waals surface area contributed by atoms with Gasteiger partial charge in [-0.25, -0.2) is 4.98 Å². The second-order valence-corrected chi connectivity index (χ2v) is 7.50. The van der Waals surface area contributed by atoms with E-state index >= 15 is 0 Å². The number of nitrogens with one attached hydrogen (secondary N) is 1. The van der Waals surface area contributed by atoms with Crippen LogP contribution in [-0.2, 0) is 16.1 Å². The molecule has 1 amide bonds. The summed E-state index contributed by atoms with van der Waals surface area (Å²) in [6, 6.07) is 13.5. The number of hydrogen-bond donors (Lipinski definition) is 2. The Bertz CT molecular complexity index is 1020. The van der Waals surface area contributed by atoms with Crippen molar-refractivity contribution in [2.24, 2.45) is 5.73 Å². The van der Waals surface area contributed by atoms with E-state index in [1.807, 2.05) is 37.3 Å². The first-order valence-corrected chi connectivity index (χ1v) is 9.79. The molecule has 0 bridgehead atoms. The van der Waals surface area contributed by atoms with Gasteiger partial charge in [-0.15, -0.1) is 24.8 Å². The standard InChI is InChI=1S/C21H23ClN4O2.2ClH/c1-13-24-18-4-2-3-5-19(18)26(13)12-14-10-15(6-8-17(14)22)25-21(27)20-9-7-16(11-23)28-20;;/h2-6,8,10,16,20H,7,9,11-12,23H2,1H3,(H,25,27);2*1H/t16-,20+;;/m1../s1. The molecule has 1 aliphatic heterocycles. The van der Waals surface area contributed by atoms with Gasteiger partial charge in [0.1, 0.15) is 11.9 Å². The minimum absolute atomic E-state index is 0. The molecule has 30 heavy (non-hydrogen) atoms. The number of carbonyl (C=O) groups excluding carboxylic acids is 1. The highest BCUT2D eigenvalue weighted by Gasteiger charge is 2.29. The predicted molar refractivity (Wildman–Crippen MR) is 125 cm³/mol. The predicted octanol–water partition coefficient (Wildman–Crippen LogP) is 4.33. The Labute approximate surface area is 192 Å². The number of carbonyl (C=O) groups is 1. The second kappa shape index (κ2) is 10.5. The van der Waals surface area contributed by atoms with Gasteiger partial charge in [-0.3, -0.25) is 4.79 Å². The molecule has 1 aliphatic rings. The topological polar surface area (TPSA) is 82.2 Å². The largest absolute Gasteiger partial charge is 0.364 e. The van der Waals surface area contributed by atoms with Crippen molar-refractivity contribution in [2.45, 2.75) is 38.5 Å². The minimum atomic E-state index is -0.451. The van der Waals surface area contributed by atoms with E-state index in [0.717, 1.165) is 28.8 Å². The molecule has 9 heteroatoms. The third-order valence-corrected chi connectivity index (χ3v) is 5.52. The SMILES string of the molecule is Cc1nc2ccccc2n1Cc1cc(NC(=O)[C@@H]2CC[C@H](CN)O2)ccc1Cl.Cl.Cl. The zero-order valence-corrected chi connectivity index (χ0v) is 18.9. The first-order valence-electron chi connectivity index (χ1n) is 9.42. The molecular weight excluding hydrogens is 447 g/mol. The molecule has 4 rings (SSSR count). The van der Waals surface area contributed by atoms with Crippen LogP contribution in [0.15, 0.2) is 42.5 Å². The number of ether oxygens (including phenoxy) is 1. The summed E-state index contributed by atoms with van der Waals surface area (Å²) >= 11 is 6.43. The van der Waals surface area contributed by atoms with E-state index in [0.29, 0.717) is 30.2 Å². The summed E-state index contributed by atoms with van der Waals surface area (Å²) in [4.78, 5) is 17.1. The fourth-order valence-electron chi connectivity index (χ4n) is 3.63. The number of hydrogen-bond acceptors (Lipinski definition) is 4. The van der Waals surface area contributed by atoms with Crippen LogP contribution < -0.4 is 11.1 Å². The molecule has 0 radical (unpaired) electrons. The van der Waals surface area contributed by atoms with Gasteiger partial charge in [-0.1, -0.05) is 23.7 Å². The van der Waals surface area contributed by atoms with Gasteiger partial charge in [0.15, 0.2) is 0 Å². The maximum atomic E-state index is 12.5. The van der Waals surface area contributed by atoms with Crippen LogP contribution in [0.1, 0.15) is 24.2 Å². The third kappa shape index (κ3) is 5.07. The summed E-state index contributed by atoms with van der Waals surface area (Å²) in [5, 5.41) is 3.59. The fourth-order valence-corrected chi connectivity index (χ4v) is 3.81. The van der Waals surface area contributed by atoms with Gasteiger partial charge in [0.25, 0.3) is 5.91 Å². The van der Waals surface area contributed by atoms with E-state index in [9.17, 15) is 4.79 Å². The molecule has 1 fully saturated rings. The second-order valence-electron chi connectivity index (χ2n) is 7.09. The maximum absolute atomic E-state index is 12.5. The lowest BCUT2D eigenvalue weighted by Gasteiger charge is -2.14. The summed E-state index contributed by atoms with van der Waals surface area (Å²) in [5.74, 6) is 0.771. The van der Waals surface area contributed by atoms with Crippen LogP contribution in [0.2, 0.25) is 5.02 Å². The Kier molecular flexibility index (Phi) is 8.52. The normalized spacial score (nSPS) is 18.0. The van der Waals surface area contributed by atoms with Crippen LogP contribution in [0.4, 0.5) is 5.69 Å². The van der Waals surface area contributed by atoms with E-state index < -0.39 is 6.10 Å². The van der Waals surface area contributed by atoms with Crippen molar-refractivity contribution >= 4 is 59.0 Å². The molecule has 6 nitrogen and oxygen atoms in total. The molecule has 1 saturated heterocycles. The molecular formula is C21H25Cl3N4O2. The third-order valence-electron chi connectivity index (χ3n) is 5.15. The molecule has 0 spiro atoms. The molecule has 0 saturated carbocycles. The van der Waals surface area contributed by atoms with Gasteiger partial charge in [0.05, 0.1) is 23.7 Å². The lowest BCUT2D eigenvalue weighted by atomic mass is 10.1. The van der Waals surface area contributed by atoms with Gasteiger partial charge in [0, 0.05) is 17.3 Å². The van der Waals surface area contributed by atoms with Gasteiger partial charge >= 0.3 is 0 Å². The zero-order valence-electron chi connectivity index (χ0n) is 16.5. The van der Waals surface area contributed by atoms with Crippen molar-refractivity contribution in [1.29, 1.82) is 0 Å². The average molecular weight is 472 g/mol. The number of imidazole rings is 1. The lowest BCUT2D eigenvalue weighted by molar-refractivity contribution is -0.126. The van der Waals surface area contributed by atoms with Crippen molar-refractivity contribution in [3.8, 4) is 0 Å². The van der Waals surface area contributed by atoms with Gasteiger partial charge in [-0.05, 0) is 55.7 Å². The van der Waals surface area contributed by atoms with Crippen molar-refractivity contribution in [2.75, 3.05) is 11.9 Å². The van der Waals surface area contributed by atoms with Crippen molar-refractivity contribution in [1.82, 2.24) is 9.55 Å². The molecule has 0 aliphatic carbocycles. The number of aromatic nitrogens is 2. The summed E-state index contributed by atoms with van der Waals surface area (Å²) in [6.45, 7) is 2.99. The summed E-state index contributed by atoms with van der Waals surface area (Å²) < 4.78 is 7.79. The first-order chi connectivity index (χ1) is 13.5. The van der Waals surface area contributed by atoms with Crippen LogP contribution in [0.5, 0.6) is 0 Å². The van der Waals surface area contributed by atoms with Crippen LogP contribution in [0.25, 0.3) is 11.0 Å². The van der Waals surface area contributed by atoms with E-state index in [4.69, 9.17) is 22.1 Å². The van der Waals surface area contributed by atoms with E-state index in [1.54, 1.807) is 12.1 Å². The maximum Gasteiger partial charge on any atom is 0.253 e. The van der Waals surface area contributed by atoms with Crippen LogP contribution in [0.3, 0.4) is 0 Å². The minimum Gasteiger partial charge on any atom is -0.364 e. The molecule has 162 valence electrons. The number of nitrogens with zero attached hydrogens (tertiary/aromatic N) is 2. The number of aryl methyl sites for hydroxylation is 1. The van der Waals surface area contributed by atoms with Gasteiger partial charge < -0.3 is 20.4 Å². The van der Waals surface area contributed by atoms with Crippen molar-refractivity contribution in [3.63, 3.8) is 0 Å². The number of nitrogens with two attached hydrogens (primary N) is 1. The van der Waals surface area contributed by atoms with Crippen LogP contribution >= 0.6 is 36.4 Å². The summed E-state index contributed by atoms with van der Waals surface area (Å²) in [5.41, 5.74) is 9.24. The number of fused-ring (bicyclic) bond motifs is 1. The van der Waals surface area contributed by atoms with Crippen molar-refractivity contribution < 1.29 is 9.53 Å². The Morgan fingerprint density at radius 1 is 1.27 bits per heavy atom. The molecule has 2 atom stereocenters. The lowest BCUT2D eigenvalue weighted by Crippen LogP contribution is -2.29. The number of anilines is 1. The van der Waals surface area contributed by atoms with Crippen LogP contribution in [0, 0.1) is 6.92 Å². The summed E-state index contributed by atoms with van der Waals surface area (Å²) in [7, 11) is 0. The highest BCUT2D eigenvalue weighted by molar-refractivity contribution is 6.31. The summed E-state index contributed by atoms with van der Waals surface area (Å²) in [6.07, 6.45) is 1.02. The Morgan fingerprint density at radius 3 is 2.77 bits per heavy atom. The number of para-hydroxylation sites is 2. The quantitative estimate of drug-likeness (QED) is 0.580. The molecule has 3 aromatic rings. The molecule has 2 aromatic carbocycles. The molecule has 1 aromatic heterocycles. The van der Waals surface area contributed by atoms with Gasteiger partial charge in [0.2, 0.25) is 0 Å². The van der Waals surface area contributed by atoms with E-state index in [1.165, 1.54) is 0 Å². The highest BCUT2D eigenvalue weighted by atomic mass is 35.5. The Morgan fingerprint density at radius 2 is 2.03 bits per heavy atom. The van der Waals surface area contributed by atoms with E-state index in [-0.39, 0.29) is 36.8 Å². The number of amides is 1. The molecule has 2 heterocycles.